The van der Waals surface area contributed by atoms with Crippen molar-refractivity contribution in [1.29, 1.82) is 0 Å². The molecular formula is C17H27ClN4. The van der Waals surface area contributed by atoms with E-state index in [1.165, 1.54) is 18.4 Å². The molecule has 1 aromatic carbocycles. The molecule has 4 nitrogen and oxygen atoms in total. The summed E-state index contributed by atoms with van der Waals surface area (Å²) in [6.45, 7) is 9.09. The van der Waals surface area contributed by atoms with Gasteiger partial charge in [-0.2, -0.15) is 0 Å². The van der Waals surface area contributed by atoms with E-state index in [0.717, 1.165) is 18.1 Å². The number of hydrogen-bond acceptors (Lipinski definition) is 2. The van der Waals surface area contributed by atoms with Crippen molar-refractivity contribution in [3.63, 3.8) is 0 Å². The van der Waals surface area contributed by atoms with Gasteiger partial charge in [0.25, 0.3) is 0 Å². The van der Waals surface area contributed by atoms with Crippen LogP contribution in [0.4, 0.5) is 0 Å². The average Bonchev–Trinajstić information content (AvgIpc) is 2.91. The zero-order valence-corrected chi connectivity index (χ0v) is 14.5. The first-order chi connectivity index (χ1) is 10.3. The predicted molar refractivity (Wildman–Crippen MR) is 94.4 cm³/mol. The van der Waals surface area contributed by atoms with Crippen molar-refractivity contribution in [2.45, 2.75) is 45.2 Å². The Morgan fingerprint density at radius 2 is 2.05 bits per heavy atom. The molecule has 0 saturated carbocycles. The fraction of sp³-hybridized carbons (Fsp3) is 0.588. The van der Waals surface area contributed by atoms with Crippen molar-refractivity contribution >= 4 is 17.6 Å². The second-order valence-electron chi connectivity index (χ2n) is 6.91. The first kappa shape index (κ1) is 17.1. The zero-order chi connectivity index (χ0) is 16.2. The Balaban J connectivity index is 2.13. The quantitative estimate of drug-likeness (QED) is 0.661. The van der Waals surface area contributed by atoms with Crippen LogP contribution in [0.15, 0.2) is 29.3 Å². The lowest BCUT2D eigenvalue weighted by Gasteiger charge is -2.27. The van der Waals surface area contributed by atoms with Gasteiger partial charge in [0, 0.05) is 10.6 Å². The van der Waals surface area contributed by atoms with E-state index in [1.807, 2.05) is 18.2 Å². The Bertz CT molecular complexity index is 516. The molecule has 1 aromatic rings. The van der Waals surface area contributed by atoms with E-state index in [1.54, 1.807) is 0 Å². The monoisotopic (exact) mass is 322 g/mol. The molecule has 3 N–H and O–H groups in total. The van der Waals surface area contributed by atoms with Crippen molar-refractivity contribution in [2.75, 3.05) is 19.6 Å². The number of aliphatic imine (C=N–C) groups is 1. The molecule has 1 aliphatic rings. The number of hydrogen-bond donors (Lipinski definition) is 2. The summed E-state index contributed by atoms with van der Waals surface area (Å²) in [4.78, 5) is 7.03. The molecule has 0 aromatic heterocycles. The Kier molecular flexibility index (Phi) is 5.70. The number of guanidine groups is 1. The lowest BCUT2D eigenvalue weighted by Crippen LogP contribution is -2.45. The van der Waals surface area contributed by atoms with Crippen LogP contribution in [0.5, 0.6) is 0 Å². The summed E-state index contributed by atoms with van der Waals surface area (Å²) in [5.41, 5.74) is 7.14. The smallest absolute Gasteiger partial charge is 0.189 e. The van der Waals surface area contributed by atoms with E-state index in [-0.39, 0.29) is 11.6 Å². The highest BCUT2D eigenvalue weighted by Gasteiger charge is 2.23. The van der Waals surface area contributed by atoms with Crippen LogP contribution in [0.3, 0.4) is 0 Å². The Hall–Kier alpha value is -1.26. The maximum absolute atomic E-state index is 6.15. The molecule has 1 aliphatic heterocycles. The van der Waals surface area contributed by atoms with Gasteiger partial charge in [-0.3, -0.25) is 9.89 Å². The molecule has 1 fully saturated rings. The molecule has 0 aliphatic carbocycles. The van der Waals surface area contributed by atoms with Crippen molar-refractivity contribution < 1.29 is 0 Å². The van der Waals surface area contributed by atoms with Gasteiger partial charge in [-0.05, 0) is 64.4 Å². The summed E-state index contributed by atoms with van der Waals surface area (Å²) in [5.74, 6) is 0.499. The number of halogens is 1. The maximum atomic E-state index is 6.15. The van der Waals surface area contributed by atoms with Gasteiger partial charge in [0.2, 0.25) is 0 Å². The molecule has 0 amide bonds. The van der Waals surface area contributed by atoms with Crippen LogP contribution in [0.2, 0.25) is 5.02 Å². The SMILES string of the molecule is CC(C)(C)NC(N)=NCC(c1cccc(Cl)c1)N1CCCC1. The molecule has 1 saturated heterocycles. The van der Waals surface area contributed by atoms with Crippen LogP contribution in [-0.4, -0.2) is 36.0 Å². The second-order valence-corrected chi connectivity index (χ2v) is 7.35. The molecule has 1 heterocycles. The van der Waals surface area contributed by atoms with Crippen molar-refractivity contribution in [1.82, 2.24) is 10.2 Å². The maximum Gasteiger partial charge on any atom is 0.189 e. The van der Waals surface area contributed by atoms with E-state index in [0.29, 0.717) is 12.5 Å². The molecule has 0 bridgehead atoms. The highest BCUT2D eigenvalue weighted by atomic mass is 35.5. The van der Waals surface area contributed by atoms with Crippen LogP contribution in [0, 0.1) is 0 Å². The standard InChI is InChI=1S/C17H27ClN4/c1-17(2,3)21-16(19)20-12-15(22-9-4-5-10-22)13-7-6-8-14(18)11-13/h6-8,11,15H,4-5,9-10,12H2,1-3H3,(H3,19,20,21). The first-order valence-corrected chi connectivity index (χ1v) is 8.30. The second kappa shape index (κ2) is 7.34. The van der Waals surface area contributed by atoms with Gasteiger partial charge in [0.1, 0.15) is 0 Å². The van der Waals surface area contributed by atoms with Gasteiger partial charge < -0.3 is 11.1 Å². The molecule has 22 heavy (non-hydrogen) atoms. The number of rotatable bonds is 4. The van der Waals surface area contributed by atoms with Gasteiger partial charge in [0.15, 0.2) is 5.96 Å². The van der Waals surface area contributed by atoms with Crippen molar-refractivity contribution in [2.24, 2.45) is 10.7 Å². The molecular weight excluding hydrogens is 296 g/mol. The van der Waals surface area contributed by atoms with Crippen LogP contribution in [0.25, 0.3) is 0 Å². The van der Waals surface area contributed by atoms with Crippen LogP contribution in [-0.2, 0) is 0 Å². The first-order valence-electron chi connectivity index (χ1n) is 7.93. The van der Waals surface area contributed by atoms with Crippen LogP contribution >= 0.6 is 11.6 Å². The van der Waals surface area contributed by atoms with E-state index < -0.39 is 0 Å². The zero-order valence-electron chi connectivity index (χ0n) is 13.8. The van der Waals surface area contributed by atoms with Gasteiger partial charge in [-0.25, -0.2) is 0 Å². The summed E-state index contributed by atoms with van der Waals surface area (Å²) in [6, 6.07) is 8.30. The Morgan fingerprint density at radius 3 is 2.64 bits per heavy atom. The summed E-state index contributed by atoms with van der Waals surface area (Å²) in [6.07, 6.45) is 2.49. The molecule has 122 valence electrons. The molecule has 0 radical (unpaired) electrons. The highest BCUT2D eigenvalue weighted by molar-refractivity contribution is 6.30. The third-order valence-corrected chi connectivity index (χ3v) is 3.99. The van der Waals surface area contributed by atoms with Gasteiger partial charge in [-0.1, -0.05) is 23.7 Å². The van der Waals surface area contributed by atoms with E-state index >= 15 is 0 Å². The lowest BCUT2D eigenvalue weighted by molar-refractivity contribution is 0.251. The Labute approximate surface area is 138 Å². The number of likely N-dealkylation sites (tertiary alicyclic amines) is 1. The topological polar surface area (TPSA) is 53.6 Å². The summed E-state index contributed by atoms with van der Waals surface area (Å²) < 4.78 is 0. The third kappa shape index (κ3) is 5.18. The fourth-order valence-corrected chi connectivity index (χ4v) is 3.01. The van der Waals surface area contributed by atoms with E-state index in [4.69, 9.17) is 17.3 Å². The van der Waals surface area contributed by atoms with Gasteiger partial charge in [-0.15, -0.1) is 0 Å². The van der Waals surface area contributed by atoms with Crippen LogP contribution < -0.4 is 11.1 Å². The summed E-state index contributed by atoms with van der Waals surface area (Å²) in [5, 5.41) is 3.98. The van der Waals surface area contributed by atoms with E-state index in [2.05, 4.69) is 42.0 Å². The van der Waals surface area contributed by atoms with Crippen molar-refractivity contribution in [3.05, 3.63) is 34.9 Å². The average molecular weight is 323 g/mol. The number of benzene rings is 1. The Morgan fingerprint density at radius 1 is 1.36 bits per heavy atom. The molecule has 5 heteroatoms. The minimum absolute atomic E-state index is 0.0766. The summed E-state index contributed by atoms with van der Waals surface area (Å²) in [7, 11) is 0. The molecule has 2 rings (SSSR count). The number of nitrogens with two attached hydrogens (primary N) is 1. The lowest BCUT2D eigenvalue weighted by atomic mass is 10.1. The third-order valence-electron chi connectivity index (χ3n) is 3.75. The van der Waals surface area contributed by atoms with Crippen LogP contribution in [0.1, 0.15) is 45.2 Å². The van der Waals surface area contributed by atoms with Crippen molar-refractivity contribution in [3.8, 4) is 0 Å². The van der Waals surface area contributed by atoms with Gasteiger partial charge in [0.05, 0.1) is 12.6 Å². The number of nitrogens with one attached hydrogen (secondary N) is 1. The predicted octanol–water partition coefficient (Wildman–Crippen LogP) is 3.18. The molecule has 0 spiro atoms. The van der Waals surface area contributed by atoms with E-state index in [9.17, 15) is 0 Å². The number of nitrogens with zero attached hydrogens (tertiary/aromatic N) is 2. The minimum Gasteiger partial charge on any atom is -0.370 e. The highest BCUT2D eigenvalue weighted by Crippen LogP contribution is 2.27. The largest absolute Gasteiger partial charge is 0.370 e. The van der Waals surface area contributed by atoms with Gasteiger partial charge >= 0.3 is 0 Å². The fourth-order valence-electron chi connectivity index (χ4n) is 2.81. The molecule has 1 unspecified atom stereocenters. The normalized spacial score (nSPS) is 18.5. The summed E-state index contributed by atoms with van der Waals surface area (Å²) >= 11 is 6.15. The minimum atomic E-state index is -0.0766. The molecule has 1 atom stereocenters.